The first-order valence-corrected chi connectivity index (χ1v) is 23.4. The molecule has 3 aliphatic heterocycles. The Morgan fingerprint density at radius 1 is 0.971 bits per heavy atom. The Morgan fingerprint density at radius 3 is 2.32 bits per heavy atom. The van der Waals surface area contributed by atoms with Crippen molar-refractivity contribution in [1.29, 1.82) is 0 Å². The molecule has 1 radical (unpaired) electrons. The number of carbonyl (C=O) groups is 5. The van der Waals surface area contributed by atoms with Gasteiger partial charge in [-0.25, -0.2) is 13.6 Å². The van der Waals surface area contributed by atoms with Crippen LogP contribution < -0.4 is 15.1 Å². The molecule has 359 valence electrons. The molecule has 15 nitrogen and oxygen atoms in total. The minimum absolute atomic E-state index is 0.000585. The van der Waals surface area contributed by atoms with Gasteiger partial charge in [-0.15, -0.1) is 6.30 Å². The van der Waals surface area contributed by atoms with E-state index in [9.17, 15) is 39.1 Å². The molecule has 0 aromatic carbocycles. The molecule has 0 saturated carbocycles. The van der Waals surface area contributed by atoms with Gasteiger partial charge in [0.25, 0.3) is 30.8 Å². The molecule has 2 bridgehead atoms. The number of allylic oxidation sites excluding steroid dienone is 8. The Labute approximate surface area is 404 Å². The Morgan fingerprint density at radius 2 is 1.67 bits per heavy atom. The van der Waals surface area contributed by atoms with Crippen molar-refractivity contribution in [2.24, 2.45) is 0 Å². The largest absolute Gasteiger partial charge is 0.866 e. The molecular weight excluding hydrogens is 906 g/mol. The van der Waals surface area contributed by atoms with Crippen LogP contribution in [0.1, 0.15) is 77.0 Å². The van der Waals surface area contributed by atoms with Crippen LogP contribution in [0.2, 0.25) is 0 Å². The van der Waals surface area contributed by atoms with Gasteiger partial charge in [0.2, 0.25) is 5.78 Å². The lowest BCUT2D eigenvalue weighted by Crippen LogP contribution is -2.64. The second-order valence-corrected chi connectivity index (χ2v) is 18.3. The van der Waals surface area contributed by atoms with E-state index < -0.39 is 89.7 Å². The van der Waals surface area contributed by atoms with Crippen LogP contribution in [0.4, 0.5) is 0 Å². The van der Waals surface area contributed by atoms with E-state index in [0.29, 0.717) is 19.3 Å². The van der Waals surface area contributed by atoms with Gasteiger partial charge in [-0.05, 0) is 73.7 Å². The average Bonchev–Trinajstić information content (AvgIpc) is 3.30. The summed E-state index contributed by atoms with van der Waals surface area (Å²) >= 11 is 0. The fourth-order valence-electron chi connectivity index (χ4n) is 7.59. The van der Waals surface area contributed by atoms with Crippen LogP contribution in [0, 0.1) is 69.2 Å². The third-order valence-corrected chi connectivity index (χ3v) is 11.8. The molecule has 1 unspecified atom stereocenters. The lowest BCUT2D eigenvalue weighted by Gasteiger charge is -2.47. The molecule has 16 heteroatoms. The second-order valence-electron chi connectivity index (χ2n) is 16.5. The first-order valence-electron chi connectivity index (χ1n) is 21.4. The zero-order chi connectivity index (χ0) is 51.4. The summed E-state index contributed by atoms with van der Waals surface area (Å²) in [4.78, 5) is 82.8. The maximum absolute atomic E-state index is 14.3. The van der Waals surface area contributed by atoms with E-state index in [4.69, 9.17) is 27.3 Å². The number of carbonyl (C=O) groups excluding carboxylic acids is 8. The van der Waals surface area contributed by atoms with E-state index >= 15 is 0 Å². The van der Waals surface area contributed by atoms with Crippen molar-refractivity contribution in [3.63, 3.8) is 0 Å². The summed E-state index contributed by atoms with van der Waals surface area (Å²) in [5, 5.41) is 27.8. The molecule has 3 heterocycles. The van der Waals surface area contributed by atoms with Crippen LogP contribution in [0.25, 0.3) is 0 Å². The van der Waals surface area contributed by atoms with Crippen LogP contribution in [-0.2, 0) is 51.2 Å². The van der Waals surface area contributed by atoms with Gasteiger partial charge in [0.05, 0.1) is 30.7 Å². The molecule has 4 rings (SSSR count). The zero-order valence-corrected chi connectivity index (χ0v) is 39.4. The minimum Gasteiger partial charge on any atom is -0.866 e. The predicted molar refractivity (Wildman–Crippen MR) is 251 cm³/mol. The fourth-order valence-corrected chi connectivity index (χ4v) is 8.18. The number of hydrogen-bond acceptors (Lipinski definition) is 11. The highest BCUT2D eigenvalue weighted by Crippen LogP contribution is 2.44. The monoisotopic (exact) mass is 958 g/mol. The summed E-state index contributed by atoms with van der Waals surface area (Å²) in [5.41, 5.74) is -0.827. The van der Waals surface area contributed by atoms with E-state index in [1.807, 2.05) is 0 Å². The normalized spacial score (nSPS) is 25.7. The van der Waals surface area contributed by atoms with Crippen molar-refractivity contribution in [2.45, 2.75) is 101 Å². The lowest BCUT2D eigenvalue weighted by atomic mass is 9.84. The van der Waals surface area contributed by atoms with Crippen molar-refractivity contribution in [3.8, 4) is 23.7 Å². The minimum atomic E-state index is -3.45. The van der Waals surface area contributed by atoms with Crippen LogP contribution >= 0.6 is 7.34 Å². The number of piperidine rings is 1. The van der Waals surface area contributed by atoms with Crippen LogP contribution in [0.3, 0.4) is 0 Å². The molecular formula is C53H53NO14P. The number of hydrogen-bond donors (Lipinski definition) is 0. The summed E-state index contributed by atoms with van der Waals surface area (Å²) in [6.45, 7) is 40.1. The summed E-state index contributed by atoms with van der Waals surface area (Å²) in [6, 6.07) is -1.40. The van der Waals surface area contributed by atoms with Gasteiger partial charge < -0.3 is 34.0 Å². The Kier molecular flexibility index (Phi) is 19.0. The van der Waals surface area contributed by atoms with E-state index in [1.54, 1.807) is 0 Å². The number of Topliss-reactive ketones (excluding diaryl/α,β-unsaturated/α-hetero) is 3. The van der Waals surface area contributed by atoms with Crippen molar-refractivity contribution in [3.05, 3.63) is 140 Å². The van der Waals surface area contributed by atoms with Crippen molar-refractivity contribution >= 4 is 63.2 Å². The van der Waals surface area contributed by atoms with Gasteiger partial charge in [0.15, 0.2) is 11.5 Å². The van der Waals surface area contributed by atoms with E-state index in [-0.39, 0.29) is 103 Å². The number of amides is 1. The summed E-state index contributed by atoms with van der Waals surface area (Å²) < 4.78 is 32.6. The Bertz CT molecular complexity index is 2590. The molecule has 4 aliphatic rings. The SMILES string of the molecule is C=[O+]C1=C([CH2+])C#CC#C[C-]=C([CH2+])CC(=C)C(=O)C([O+]=C)=C([O-])C(=C)[C-]=C([CH2+])C(=O)C[C@@H](C(=C)C[C]2CCC(OP(=C)([CH2-])[O-])=C([O+]=C)C2)OC(=O)[C@@H]2CCCCN2C(=O)C(=O)[C@]2([O-])O[C@@H](CCC2=C)C1. The summed E-state index contributed by atoms with van der Waals surface area (Å²) in [5.74, 6) is 1.08. The van der Waals surface area contributed by atoms with Gasteiger partial charge >= 0.3 is 30.0 Å². The Balaban J connectivity index is 1.78. The third-order valence-electron chi connectivity index (χ3n) is 11.3. The van der Waals surface area contributed by atoms with Crippen molar-refractivity contribution < 1.29 is 66.4 Å². The lowest BCUT2D eigenvalue weighted by molar-refractivity contribution is -0.527. The standard InChI is InChI=1S/C53H53NO14P/c1-32-18-14-13-15-19-33(2)44(63-8)30-40-23-21-38(7)53(61,67-40)50(58)51(59)54-25-17-16-20-41(54)52(60)66-45(35(4)28-39-22-24-43(46(29-39)64-9)68-69(11,12)62)31-42(55)34(3)27-37(6)48(57)49(65-10)47(56)36(5)26-32/h40-41,45H,1-12,16-17,20-26,28-31H2/t40-,41-,45-,53+/m0/s1. The number of rotatable bonds is 8. The highest BCUT2D eigenvalue weighted by Gasteiger charge is 2.46. The quantitative estimate of drug-likeness (QED) is 0.0502. The number of nitrogens with zero attached hydrogens (tertiary/aromatic N) is 1. The molecule has 0 aromatic heterocycles. The van der Waals surface area contributed by atoms with E-state index in [2.05, 4.69) is 116 Å². The van der Waals surface area contributed by atoms with Gasteiger partial charge in [0.1, 0.15) is 24.5 Å². The van der Waals surface area contributed by atoms with E-state index in [0.717, 1.165) is 10.8 Å². The third kappa shape index (κ3) is 14.3. The molecule has 0 spiro atoms. The predicted octanol–water partition coefficient (Wildman–Crippen LogP) is 3.33. The van der Waals surface area contributed by atoms with Crippen LogP contribution in [0.15, 0.2) is 94.1 Å². The number of cyclic esters (lactones) is 1. The zero-order valence-electron chi connectivity index (χ0n) is 38.5. The number of ketones is 3. The molecule has 69 heavy (non-hydrogen) atoms. The highest BCUT2D eigenvalue weighted by atomic mass is 31.2. The van der Waals surface area contributed by atoms with E-state index in [1.165, 1.54) is 0 Å². The number of fused-ring (bicyclic) bond motifs is 3. The van der Waals surface area contributed by atoms with Gasteiger partial charge in [-0.1, -0.05) is 51.7 Å². The van der Waals surface area contributed by atoms with Crippen LogP contribution in [-0.4, -0.2) is 91.4 Å². The fraction of sp³-hybridized carbons (Fsp3) is 0.321. The molecule has 0 N–H and O–H groups in total. The molecule has 2 saturated heterocycles. The topological polar surface area (TPSA) is 219 Å². The number of ether oxygens (including phenoxy) is 2. The molecule has 5 atom stereocenters. The van der Waals surface area contributed by atoms with Crippen molar-refractivity contribution in [1.82, 2.24) is 4.90 Å². The first kappa shape index (κ1) is 54.7. The van der Waals surface area contributed by atoms with Gasteiger partial charge in [-0.3, -0.25) is 25.8 Å². The molecule has 1 amide bonds. The average molecular weight is 959 g/mol. The molecule has 1 aliphatic carbocycles. The maximum atomic E-state index is 14.3. The van der Waals surface area contributed by atoms with Crippen LogP contribution in [0.5, 0.6) is 0 Å². The molecule has 2 fully saturated rings. The summed E-state index contributed by atoms with van der Waals surface area (Å²) in [7, 11) is -3.45. The molecule has 0 aromatic rings. The highest BCUT2D eigenvalue weighted by molar-refractivity contribution is 7.63. The summed E-state index contributed by atoms with van der Waals surface area (Å²) in [6.07, 6.45) is 6.93. The van der Waals surface area contributed by atoms with Crippen molar-refractivity contribution in [2.75, 3.05) is 6.54 Å². The Hall–Kier alpha value is -6.87. The van der Waals surface area contributed by atoms with Gasteiger partial charge in [-0.2, -0.15) is 11.8 Å². The van der Waals surface area contributed by atoms with Gasteiger partial charge in [0, 0.05) is 55.2 Å². The smallest absolute Gasteiger partial charge is 0.447 e. The first-order chi connectivity index (χ1) is 32.4. The number of esters is 1. The second kappa shape index (κ2) is 23.9. The maximum Gasteiger partial charge on any atom is 0.447 e.